The normalized spacial score (nSPS) is 26.5. The average molecular weight is 255 g/mol. The molecule has 0 aliphatic heterocycles. The first-order valence-corrected chi connectivity index (χ1v) is 7.11. The fourth-order valence-corrected chi connectivity index (χ4v) is 3.33. The summed E-state index contributed by atoms with van der Waals surface area (Å²) in [5.74, 6) is 0. The van der Waals surface area contributed by atoms with Crippen molar-refractivity contribution in [3.8, 4) is 0 Å². The zero-order chi connectivity index (χ0) is 13.5. The summed E-state index contributed by atoms with van der Waals surface area (Å²) in [6, 6.07) is 10.2. The minimum atomic E-state index is -0.748. The van der Waals surface area contributed by atoms with Gasteiger partial charge in [-0.1, -0.05) is 44.9 Å². The molecule has 1 saturated carbocycles. The van der Waals surface area contributed by atoms with Gasteiger partial charge < -0.3 is 5.11 Å². The summed E-state index contributed by atoms with van der Waals surface area (Å²) in [7, 11) is 0. The van der Waals surface area contributed by atoms with E-state index in [2.05, 4.69) is 31.0 Å². The van der Waals surface area contributed by atoms with Gasteiger partial charge in [-0.2, -0.15) is 0 Å². The van der Waals surface area contributed by atoms with Crippen LogP contribution in [0.15, 0.2) is 36.5 Å². The Labute approximate surface area is 114 Å². The van der Waals surface area contributed by atoms with Crippen molar-refractivity contribution in [3.63, 3.8) is 0 Å². The van der Waals surface area contributed by atoms with Gasteiger partial charge >= 0.3 is 0 Å². The molecule has 0 saturated heterocycles. The Bertz CT molecular complexity index is 605. The van der Waals surface area contributed by atoms with Gasteiger partial charge in [0.25, 0.3) is 0 Å². The molecule has 0 amide bonds. The number of hydrogen-bond acceptors (Lipinski definition) is 2. The highest BCUT2D eigenvalue weighted by atomic mass is 16.3. The van der Waals surface area contributed by atoms with E-state index in [1.807, 2.05) is 24.4 Å². The van der Waals surface area contributed by atoms with Crippen molar-refractivity contribution in [2.24, 2.45) is 5.41 Å². The Hall–Kier alpha value is -1.41. The van der Waals surface area contributed by atoms with Gasteiger partial charge in [-0.25, -0.2) is 0 Å². The summed E-state index contributed by atoms with van der Waals surface area (Å²) in [6.07, 6.45) is 6.05. The van der Waals surface area contributed by atoms with Gasteiger partial charge in [0, 0.05) is 17.1 Å². The molecule has 1 aromatic heterocycles. The summed E-state index contributed by atoms with van der Waals surface area (Å²) in [4.78, 5) is 4.51. The Morgan fingerprint density at radius 2 is 1.84 bits per heavy atom. The molecule has 1 heterocycles. The molecule has 100 valence electrons. The second-order valence-corrected chi connectivity index (χ2v) is 6.37. The highest BCUT2D eigenvalue weighted by Gasteiger charge is 2.46. The number of aliphatic hydroxyl groups is 1. The number of fused-ring (bicyclic) bond motifs is 1. The molecule has 1 unspecified atom stereocenters. The Morgan fingerprint density at radius 1 is 1.11 bits per heavy atom. The van der Waals surface area contributed by atoms with Crippen LogP contribution in [0.25, 0.3) is 10.9 Å². The van der Waals surface area contributed by atoms with Crippen LogP contribution in [0, 0.1) is 5.41 Å². The first kappa shape index (κ1) is 12.6. The maximum absolute atomic E-state index is 11.2. The standard InChI is InChI=1S/C17H21NO/c1-16(2)9-5-6-10-17(16,19)14-11-13-7-3-4-8-15(13)18-12-14/h3-4,7-8,11-12,19H,5-6,9-10H2,1-2H3. The number of rotatable bonds is 1. The molecule has 2 nitrogen and oxygen atoms in total. The minimum Gasteiger partial charge on any atom is -0.385 e. The number of hydrogen-bond donors (Lipinski definition) is 1. The van der Waals surface area contributed by atoms with Crippen LogP contribution < -0.4 is 0 Å². The summed E-state index contributed by atoms with van der Waals surface area (Å²) in [5.41, 5.74) is 1.12. The molecule has 0 radical (unpaired) electrons. The van der Waals surface area contributed by atoms with Gasteiger partial charge in [0.05, 0.1) is 11.1 Å². The van der Waals surface area contributed by atoms with Crippen molar-refractivity contribution in [2.75, 3.05) is 0 Å². The lowest BCUT2D eigenvalue weighted by molar-refractivity contribution is -0.104. The van der Waals surface area contributed by atoms with Crippen LogP contribution in [0.5, 0.6) is 0 Å². The van der Waals surface area contributed by atoms with E-state index in [1.54, 1.807) is 0 Å². The molecule has 1 atom stereocenters. The predicted octanol–water partition coefficient (Wildman–Crippen LogP) is 4.02. The molecule has 1 aromatic carbocycles. The SMILES string of the molecule is CC1(C)CCCCC1(O)c1cnc2ccccc2c1. The van der Waals surface area contributed by atoms with E-state index in [0.717, 1.165) is 35.7 Å². The second-order valence-electron chi connectivity index (χ2n) is 6.37. The van der Waals surface area contributed by atoms with E-state index in [0.29, 0.717) is 0 Å². The largest absolute Gasteiger partial charge is 0.385 e. The summed E-state index contributed by atoms with van der Waals surface area (Å²) >= 11 is 0. The van der Waals surface area contributed by atoms with Crippen LogP contribution in [0.3, 0.4) is 0 Å². The van der Waals surface area contributed by atoms with Gasteiger partial charge in [0.1, 0.15) is 0 Å². The third-order valence-electron chi connectivity index (χ3n) is 4.78. The fourth-order valence-electron chi connectivity index (χ4n) is 3.33. The monoisotopic (exact) mass is 255 g/mol. The van der Waals surface area contributed by atoms with Crippen LogP contribution in [0.1, 0.15) is 45.1 Å². The second kappa shape index (κ2) is 4.31. The van der Waals surface area contributed by atoms with Crippen LogP contribution in [0.2, 0.25) is 0 Å². The van der Waals surface area contributed by atoms with E-state index >= 15 is 0 Å². The van der Waals surface area contributed by atoms with Crippen molar-refractivity contribution < 1.29 is 5.11 Å². The molecule has 2 heteroatoms. The van der Waals surface area contributed by atoms with E-state index in [9.17, 15) is 5.11 Å². The maximum Gasteiger partial charge on any atom is 0.0962 e. The average Bonchev–Trinajstić information content (AvgIpc) is 2.41. The Kier molecular flexibility index (Phi) is 2.86. The third kappa shape index (κ3) is 1.95. The third-order valence-corrected chi connectivity index (χ3v) is 4.78. The first-order chi connectivity index (χ1) is 9.03. The van der Waals surface area contributed by atoms with Gasteiger partial charge in [-0.15, -0.1) is 0 Å². The molecular formula is C17H21NO. The summed E-state index contributed by atoms with van der Waals surface area (Å²) in [6.45, 7) is 4.34. The number of aromatic nitrogens is 1. The topological polar surface area (TPSA) is 33.1 Å². The van der Waals surface area contributed by atoms with Crippen molar-refractivity contribution in [1.82, 2.24) is 4.98 Å². The maximum atomic E-state index is 11.2. The highest BCUT2D eigenvalue weighted by Crippen LogP contribution is 2.50. The molecule has 2 aromatic rings. The van der Waals surface area contributed by atoms with E-state index < -0.39 is 5.60 Å². The summed E-state index contributed by atoms with van der Waals surface area (Å²) in [5, 5.41) is 12.3. The molecule has 0 bridgehead atoms. The van der Waals surface area contributed by atoms with Crippen molar-refractivity contribution >= 4 is 10.9 Å². The molecule has 1 aliphatic rings. The van der Waals surface area contributed by atoms with Gasteiger partial charge in [0.15, 0.2) is 0 Å². The van der Waals surface area contributed by atoms with Crippen LogP contribution in [-0.4, -0.2) is 10.1 Å². The Morgan fingerprint density at radius 3 is 2.63 bits per heavy atom. The number of benzene rings is 1. The number of para-hydroxylation sites is 1. The van der Waals surface area contributed by atoms with Crippen LogP contribution in [-0.2, 0) is 5.60 Å². The number of nitrogens with zero attached hydrogens (tertiary/aromatic N) is 1. The zero-order valence-electron chi connectivity index (χ0n) is 11.7. The van der Waals surface area contributed by atoms with Crippen molar-refractivity contribution in [3.05, 3.63) is 42.1 Å². The van der Waals surface area contributed by atoms with E-state index in [1.165, 1.54) is 6.42 Å². The molecule has 19 heavy (non-hydrogen) atoms. The zero-order valence-corrected chi connectivity index (χ0v) is 11.7. The molecule has 1 aliphatic carbocycles. The molecule has 0 spiro atoms. The minimum absolute atomic E-state index is 0.0879. The lowest BCUT2D eigenvalue weighted by atomic mass is 9.63. The van der Waals surface area contributed by atoms with Gasteiger partial charge in [-0.3, -0.25) is 4.98 Å². The van der Waals surface area contributed by atoms with Crippen molar-refractivity contribution in [1.29, 1.82) is 0 Å². The van der Waals surface area contributed by atoms with E-state index in [4.69, 9.17) is 0 Å². The molecule has 1 N–H and O–H groups in total. The van der Waals surface area contributed by atoms with Crippen molar-refractivity contribution in [2.45, 2.75) is 45.1 Å². The van der Waals surface area contributed by atoms with E-state index in [-0.39, 0.29) is 5.41 Å². The highest BCUT2D eigenvalue weighted by molar-refractivity contribution is 5.79. The Balaban J connectivity index is 2.12. The van der Waals surface area contributed by atoms with Crippen LogP contribution in [0.4, 0.5) is 0 Å². The fraction of sp³-hybridized carbons (Fsp3) is 0.471. The summed E-state index contributed by atoms with van der Waals surface area (Å²) < 4.78 is 0. The first-order valence-electron chi connectivity index (χ1n) is 7.11. The lowest BCUT2D eigenvalue weighted by Gasteiger charge is -2.46. The van der Waals surface area contributed by atoms with Crippen LogP contribution >= 0.6 is 0 Å². The smallest absolute Gasteiger partial charge is 0.0962 e. The lowest BCUT2D eigenvalue weighted by Crippen LogP contribution is -2.44. The molecule has 3 rings (SSSR count). The predicted molar refractivity (Wildman–Crippen MR) is 77.9 cm³/mol. The molecular weight excluding hydrogens is 234 g/mol. The quantitative estimate of drug-likeness (QED) is 0.834. The van der Waals surface area contributed by atoms with Gasteiger partial charge in [-0.05, 0) is 30.4 Å². The number of pyridine rings is 1. The van der Waals surface area contributed by atoms with Gasteiger partial charge in [0.2, 0.25) is 0 Å². The molecule has 1 fully saturated rings.